The summed E-state index contributed by atoms with van der Waals surface area (Å²) in [5.74, 6) is 2.96. The number of rotatable bonds is 5. The summed E-state index contributed by atoms with van der Waals surface area (Å²) in [5.41, 5.74) is 0.360. The van der Waals surface area contributed by atoms with Crippen molar-refractivity contribution in [2.45, 2.75) is 85.1 Å². The Morgan fingerprint density at radius 2 is 1.93 bits per heavy atom. The molecule has 4 aliphatic carbocycles. The number of fused-ring (bicyclic) bond motifs is 5. The van der Waals surface area contributed by atoms with Crippen LogP contribution in [0.5, 0.6) is 0 Å². The molecule has 8 atom stereocenters. The summed E-state index contributed by atoms with van der Waals surface area (Å²) in [6.07, 6.45) is 14.4. The Bertz CT molecular complexity index is 628. The van der Waals surface area contributed by atoms with Gasteiger partial charge < -0.3 is 10.4 Å². The number of carbonyl (C=O) groups is 1. The molecule has 0 unspecified atom stereocenters. The predicted octanol–water partition coefficient (Wildman–Crippen LogP) is 5.51. The first-order valence-electron chi connectivity index (χ1n) is 11.9. The summed E-state index contributed by atoms with van der Waals surface area (Å²) in [7, 11) is 0. The van der Waals surface area contributed by atoms with Gasteiger partial charge in [-0.05, 0) is 98.3 Å². The molecule has 2 N–H and O–H groups in total. The van der Waals surface area contributed by atoms with Crippen molar-refractivity contribution < 1.29 is 9.90 Å². The number of nitrogens with one attached hydrogen (secondary N) is 1. The van der Waals surface area contributed by atoms with Gasteiger partial charge in [0.15, 0.2) is 0 Å². The second-order valence-corrected chi connectivity index (χ2v) is 11.3. The SMILES string of the molecule is CC(C)CCN[C@H]1C=CC[C@@H]2CC[C@H]3[C@@H]4CC[C@H](C(=O)O)[C@@]4(C)CC[C@@H]3[C@]21C. The van der Waals surface area contributed by atoms with Gasteiger partial charge in [0, 0.05) is 6.04 Å². The quantitative estimate of drug-likeness (QED) is 0.612. The lowest BCUT2D eigenvalue weighted by Crippen LogP contribution is -2.60. The van der Waals surface area contributed by atoms with E-state index in [2.05, 4.69) is 45.2 Å². The molecule has 3 nitrogen and oxygen atoms in total. The molecule has 4 rings (SSSR count). The normalized spacial score (nSPS) is 47.5. The smallest absolute Gasteiger partial charge is 0.307 e. The fraction of sp³-hybridized carbons (Fsp3) is 0.880. The van der Waals surface area contributed by atoms with E-state index in [-0.39, 0.29) is 11.3 Å². The van der Waals surface area contributed by atoms with Crippen molar-refractivity contribution in [3.8, 4) is 0 Å². The highest BCUT2D eigenvalue weighted by molar-refractivity contribution is 5.71. The lowest BCUT2D eigenvalue weighted by molar-refractivity contribution is -0.151. The minimum absolute atomic E-state index is 0.0290. The van der Waals surface area contributed by atoms with Crippen molar-refractivity contribution in [1.29, 1.82) is 0 Å². The second kappa shape index (κ2) is 7.45. The molecule has 0 aromatic heterocycles. The van der Waals surface area contributed by atoms with Crippen molar-refractivity contribution in [2.75, 3.05) is 6.54 Å². The number of allylic oxidation sites excluding steroid dienone is 1. The molecule has 3 heteroatoms. The van der Waals surface area contributed by atoms with E-state index in [1.807, 2.05) is 0 Å². The van der Waals surface area contributed by atoms with Crippen molar-refractivity contribution in [2.24, 2.45) is 46.3 Å². The Morgan fingerprint density at radius 1 is 1.14 bits per heavy atom. The van der Waals surface area contributed by atoms with Gasteiger partial charge in [0.05, 0.1) is 5.92 Å². The Labute approximate surface area is 171 Å². The molecular formula is C25H41NO2. The number of carboxylic acids is 1. The molecule has 3 fully saturated rings. The zero-order valence-corrected chi connectivity index (χ0v) is 18.4. The molecule has 0 radical (unpaired) electrons. The van der Waals surface area contributed by atoms with Crippen LogP contribution in [-0.2, 0) is 4.79 Å². The van der Waals surface area contributed by atoms with Crippen LogP contribution in [0.2, 0.25) is 0 Å². The first-order chi connectivity index (χ1) is 13.3. The average Bonchev–Trinajstić information content (AvgIpc) is 2.99. The highest BCUT2D eigenvalue weighted by Crippen LogP contribution is 2.66. The molecule has 0 bridgehead atoms. The number of hydrogen-bond donors (Lipinski definition) is 2. The number of carboxylic acid groups (broad SMARTS) is 1. The Hall–Kier alpha value is -0.830. The van der Waals surface area contributed by atoms with Crippen LogP contribution in [0.15, 0.2) is 12.2 Å². The van der Waals surface area contributed by atoms with Crippen LogP contribution in [0.1, 0.15) is 79.1 Å². The molecule has 0 heterocycles. The van der Waals surface area contributed by atoms with Crippen molar-refractivity contribution in [1.82, 2.24) is 5.32 Å². The minimum atomic E-state index is -0.544. The van der Waals surface area contributed by atoms with E-state index in [1.54, 1.807) is 0 Å². The summed E-state index contributed by atoms with van der Waals surface area (Å²) in [5, 5.41) is 13.8. The summed E-state index contributed by atoms with van der Waals surface area (Å²) < 4.78 is 0. The molecular weight excluding hydrogens is 346 g/mol. The van der Waals surface area contributed by atoms with Gasteiger partial charge >= 0.3 is 5.97 Å². The summed E-state index contributed by atoms with van der Waals surface area (Å²) in [6, 6.07) is 0.485. The van der Waals surface area contributed by atoms with E-state index in [4.69, 9.17) is 0 Å². The second-order valence-electron chi connectivity index (χ2n) is 11.3. The topological polar surface area (TPSA) is 49.3 Å². The molecule has 158 valence electrons. The van der Waals surface area contributed by atoms with Crippen LogP contribution in [0, 0.1) is 46.3 Å². The van der Waals surface area contributed by atoms with E-state index in [0.29, 0.717) is 17.4 Å². The highest BCUT2D eigenvalue weighted by Gasteiger charge is 2.62. The van der Waals surface area contributed by atoms with Crippen molar-refractivity contribution in [3.05, 3.63) is 12.2 Å². The van der Waals surface area contributed by atoms with E-state index < -0.39 is 5.97 Å². The molecule has 0 saturated heterocycles. The van der Waals surface area contributed by atoms with Crippen molar-refractivity contribution in [3.63, 3.8) is 0 Å². The maximum Gasteiger partial charge on any atom is 0.307 e. The van der Waals surface area contributed by atoms with Gasteiger partial charge in [0.2, 0.25) is 0 Å². The first-order valence-corrected chi connectivity index (χ1v) is 11.9. The maximum atomic E-state index is 11.9. The van der Waals surface area contributed by atoms with Gasteiger partial charge in [-0.25, -0.2) is 0 Å². The maximum absolute atomic E-state index is 11.9. The van der Waals surface area contributed by atoms with Gasteiger partial charge in [0.1, 0.15) is 0 Å². The summed E-state index contributed by atoms with van der Waals surface area (Å²) in [6.45, 7) is 10.6. The van der Waals surface area contributed by atoms with Crippen LogP contribution < -0.4 is 5.32 Å². The fourth-order valence-corrected chi connectivity index (χ4v) is 8.13. The lowest BCUT2D eigenvalue weighted by atomic mass is 9.44. The molecule has 0 aromatic rings. The Kier molecular flexibility index (Phi) is 5.44. The summed E-state index contributed by atoms with van der Waals surface area (Å²) in [4.78, 5) is 11.9. The monoisotopic (exact) mass is 387 g/mol. The van der Waals surface area contributed by atoms with E-state index in [0.717, 1.165) is 49.5 Å². The first kappa shape index (κ1) is 20.4. The standard InChI is InChI=1S/C25H41NO2/c1-16(2)13-15-26-22-7-5-6-17-8-9-18-19-10-11-21(23(27)28)24(19,3)14-12-20(18)25(17,22)4/h5,7,16-22,26H,6,8-15H2,1-4H3,(H,27,28)/t17-,18+,19+,20+,21-,22+,24+,25+/m1/s1. The largest absolute Gasteiger partial charge is 0.481 e. The Balaban J connectivity index is 1.58. The molecule has 3 saturated carbocycles. The summed E-state index contributed by atoms with van der Waals surface area (Å²) >= 11 is 0. The fourth-order valence-electron chi connectivity index (χ4n) is 8.13. The van der Waals surface area contributed by atoms with Crippen LogP contribution >= 0.6 is 0 Å². The lowest BCUT2D eigenvalue weighted by Gasteiger charge is -2.61. The van der Waals surface area contributed by atoms with Crippen molar-refractivity contribution >= 4 is 5.97 Å². The van der Waals surface area contributed by atoms with Gasteiger partial charge in [0.25, 0.3) is 0 Å². The molecule has 0 spiro atoms. The average molecular weight is 388 g/mol. The Morgan fingerprint density at radius 3 is 2.64 bits per heavy atom. The van der Waals surface area contributed by atoms with Gasteiger partial charge in [-0.1, -0.05) is 39.8 Å². The molecule has 0 aliphatic heterocycles. The minimum Gasteiger partial charge on any atom is -0.481 e. The zero-order valence-electron chi connectivity index (χ0n) is 18.4. The van der Waals surface area contributed by atoms with Crippen LogP contribution in [0.25, 0.3) is 0 Å². The third-order valence-corrected chi connectivity index (χ3v) is 9.77. The third-order valence-electron chi connectivity index (χ3n) is 9.77. The zero-order chi connectivity index (χ0) is 20.1. The van der Waals surface area contributed by atoms with E-state index in [1.165, 1.54) is 32.1 Å². The third kappa shape index (κ3) is 3.07. The number of hydrogen-bond acceptors (Lipinski definition) is 2. The highest BCUT2D eigenvalue weighted by atomic mass is 16.4. The van der Waals surface area contributed by atoms with Gasteiger partial charge in [-0.2, -0.15) is 0 Å². The van der Waals surface area contributed by atoms with Crippen LogP contribution in [0.3, 0.4) is 0 Å². The molecule has 4 aliphatic rings. The predicted molar refractivity (Wildman–Crippen MR) is 114 cm³/mol. The molecule has 0 aromatic carbocycles. The van der Waals surface area contributed by atoms with Crippen LogP contribution in [-0.4, -0.2) is 23.7 Å². The van der Waals surface area contributed by atoms with E-state index in [9.17, 15) is 9.90 Å². The molecule has 0 amide bonds. The van der Waals surface area contributed by atoms with Crippen LogP contribution in [0.4, 0.5) is 0 Å². The van der Waals surface area contributed by atoms with Gasteiger partial charge in [-0.3, -0.25) is 4.79 Å². The molecule has 28 heavy (non-hydrogen) atoms. The van der Waals surface area contributed by atoms with E-state index >= 15 is 0 Å². The number of aliphatic carboxylic acids is 1. The van der Waals surface area contributed by atoms with Gasteiger partial charge in [-0.15, -0.1) is 0 Å².